The Morgan fingerprint density at radius 1 is 1.00 bits per heavy atom. The van der Waals surface area contributed by atoms with Gasteiger partial charge in [0, 0.05) is 28.9 Å². The second-order valence-electron chi connectivity index (χ2n) is 6.62. The van der Waals surface area contributed by atoms with Gasteiger partial charge in [-0.05, 0) is 75.2 Å². The average molecular weight is 346 g/mol. The fourth-order valence-electron chi connectivity index (χ4n) is 3.26. The molecule has 0 aliphatic rings. The smallest absolute Gasteiger partial charge is 0.335 e. The highest BCUT2D eigenvalue weighted by molar-refractivity contribution is 5.89. The molecule has 0 unspecified atom stereocenters. The highest BCUT2D eigenvalue weighted by atomic mass is 16.4. The van der Waals surface area contributed by atoms with Crippen molar-refractivity contribution in [2.24, 2.45) is 4.99 Å². The number of nitrogens with zero attached hydrogens (tertiary/aromatic N) is 2. The molecule has 0 radical (unpaired) electrons. The lowest BCUT2D eigenvalue weighted by molar-refractivity contribution is 0.0697. The van der Waals surface area contributed by atoms with Gasteiger partial charge in [-0.3, -0.25) is 4.99 Å². The van der Waals surface area contributed by atoms with Crippen molar-refractivity contribution in [1.29, 1.82) is 0 Å². The van der Waals surface area contributed by atoms with E-state index in [1.165, 1.54) is 11.1 Å². The number of carboxylic acid groups (broad SMARTS) is 1. The van der Waals surface area contributed by atoms with Crippen LogP contribution in [-0.2, 0) is 0 Å². The summed E-state index contributed by atoms with van der Waals surface area (Å²) in [6.45, 7) is 8.34. The zero-order valence-electron chi connectivity index (χ0n) is 15.4. The van der Waals surface area contributed by atoms with E-state index in [-0.39, 0.29) is 5.56 Å². The van der Waals surface area contributed by atoms with Crippen LogP contribution in [0.4, 0.5) is 5.69 Å². The number of aromatic carboxylic acids is 1. The van der Waals surface area contributed by atoms with Crippen LogP contribution in [-0.4, -0.2) is 21.9 Å². The zero-order chi connectivity index (χ0) is 18.8. The van der Waals surface area contributed by atoms with Crippen LogP contribution in [0.5, 0.6) is 0 Å². The summed E-state index contributed by atoms with van der Waals surface area (Å²) in [7, 11) is 0. The molecule has 1 aromatic heterocycles. The normalized spacial score (nSPS) is 11.2. The number of carbonyl (C=O) groups is 1. The predicted molar refractivity (Wildman–Crippen MR) is 105 cm³/mol. The average Bonchev–Trinajstić information content (AvgIpc) is 2.86. The van der Waals surface area contributed by atoms with Gasteiger partial charge in [-0.25, -0.2) is 4.79 Å². The van der Waals surface area contributed by atoms with Crippen molar-refractivity contribution in [3.63, 3.8) is 0 Å². The number of rotatable bonds is 4. The van der Waals surface area contributed by atoms with Gasteiger partial charge >= 0.3 is 5.97 Å². The molecule has 0 saturated heterocycles. The van der Waals surface area contributed by atoms with Crippen LogP contribution in [0.2, 0.25) is 0 Å². The minimum Gasteiger partial charge on any atom is -0.478 e. The van der Waals surface area contributed by atoms with Crippen LogP contribution in [0.3, 0.4) is 0 Å². The van der Waals surface area contributed by atoms with Gasteiger partial charge in [-0.15, -0.1) is 0 Å². The Hall–Kier alpha value is -3.14. The lowest BCUT2D eigenvalue weighted by Gasteiger charge is -2.11. The van der Waals surface area contributed by atoms with Gasteiger partial charge < -0.3 is 9.67 Å². The number of hydrogen-bond acceptors (Lipinski definition) is 2. The van der Waals surface area contributed by atoms with Crippen molar-refractivity contribution >= 4 is 17.9 Å². The molecular formula is C22H22N2O2. The first-order chi connectivity index (χ1) is 12.3. The molecule has 0 aliphatic carbocycles. The molecule has 2 aromatic carbocycles. The summed E-state index contributed by atoms with van der Waals surface area (Å²) < 4.78 is 2.22. The molecule has 0 bridgehead atoms. The van der Waals surface area contributed by atoms with Gasteiger partial charge in [-0.1, -0.05) is 12.1 Å². The number of aromatic nitrogens is 1. The van der Waals surface area contributed by atoms with Crippen molar-refractivity contribution in [3.05, 3.63) is 82.2 Å². The summed E-state index contributed by atoms with van der Waals surface area (Å²) in [5, 5.41) is 9.09. The largest absolute Gasteiger partial charge is 0.478 e. The topological polar surface area (TPSA) is 54.6 Å². The van der Waals surface area contributed by atoms with Crippen LogP contribution in [0.25, 0.3) is 5.69 Å². The predicted octanol–water partition coefficient (Wildman–Crippen LogP) is 5.16. The molecule has 0 atom stereocenters. The summed E-state index contributed by atoms with van der Waals surface area (Å²) in [4.78, 5) is 15.5. The molecule has 4 heteroatoms. The third kappa shape index (κ3) is 3.59. The number of hydrogen-bond donors (Lipinski definition) is 1. The SMILES string of the molecule is Cc1cc(C)cc(-n2c(C)cc(C=Nc3cccc(C(=O)O)c3)c2C)c1. The molecule has 1 heterocycles. The zero-order valence-corrected chi connectivity index (χ0v) is 15.4. The van der Waals surface area contributed by atoms with Crippen LogP contribution >= 0.6 is 0 Å². The summed E-state index contributed by atoms with van der Waals surface area (Å²) in [6, 6.07) is 15.2. The van der Waals surface area contributed by atoms with E-state index in [1.54, 1.807) is 30.5 Å². The van der Waals surface area contributed by atoms with Gasteiger partial charge in [0.05, 0.1) is 11.3 Å². The van der Waals surface area contributed by atoms with Gasteiger partial charge in [-0.2, -0.15) is 0 Å². The minimum absolute atomic E-state index is 0.236. The van der Waals surface area contributed by atoms with E-state index in [0.29, 0.717) is 5.69 Å². The van der Waals surface area contributed by atoms with E-state index in [0.717, 1.165) is 22.6 Å². The quantitative estimate of drug-likeness (QED) is 0.663. The van der Waals surface area contributed by atoms with Crippen LogP contribution in [0.15, 0.2) is 53.5 Å². The van der Waals surface area contributed by atoms with Gasteiger partial charge in [0.15, 0.2) is 0 Å². The van der Waals surface area contributed by atoms with Crippen LogP contribution < -0.4 is 0 Å². The Morgan fingerprint density at radius 3 is 2.35 bits per heavy atom. The highest BCUT2D eigenvalue weighted by Crippen LogP contribution is 2.23. The van der Waals surface area contributed by atoms with Crippen molar-refractivity contribution in [2.75, 3.05) is 0 Å². The third-order valence-electron chi connectivity index (χ3n) is 4.38. The monoisotopic (exact) mass is 346 g/mol. The van der Waals surface area contributed by atoms with Gasteiger partial charge in [0.1, 0.15) is 0 Å². The summed E-state index contributed by atoms with van der Waals surface area (Å²) >= 11 is 0. The lowest BCUT2D eigenvalue weighted by atomic mass is 10.1. The molecule has 0 aliphatic heterocycles. The molecule has 3 aromatic rings. The fraction of sp³-hybridized carbons (Fsp3) is 0.182. The maximum atomic E-state index is 11.1. The summed E-state index contributed by atoms with van der Waals surface area (Å²) in [5.74, 6) is -0.949. The summed E-state index contributed by atoms with van der Waals surface area (Å²) in [6.07, 6.45) is 1.79. The maximum absolute atomic E-state index is 11.1. The second-order valence-corrected chi connectivity index (χ2v) is 6.62. The van der Waals surface area contributed by atoms with Gasteiger partial charge in [0.2, 0.25) is 0 Å². The molecule has 0 spiro atoms. The number of aryl methyl sites for hydroxylation is 3. The van der Waals surface area contributed by atoms with E-state index in [1.807, 2.05) is 0 Å². The first-order valence-electron chi connectivity index (χ1n) is 8.50. The van der Waals surface area contributed by atoms with E-state index >= 15 is 0 Å². The van der Waals surface area contributed by atoms with Crippen molar-refractivity contribution in [2.45, 2.75) is 27.7 Å². The molecule has 0 fully saturated rings. The fourth-order valence-corrected chi connectivity index (χ4v) is 3.26. The third-order valence-corrected chi connectivity index (χ3v) is 4.38. The maximum Gasteiger partial charge on any atom is 0.335 e. The van der Waals surface area contributed by atoms with Crippen molar-refractivity contribution < 1.29 is 9.90 Å². The van der Waals surface area contributed by atoms with Gasteiger partial charge in [0.25, 0.3) is 0 Å². The second kappa shape index (κ2) is 7.00. The summed E-state index contributed by atoms with van der Waals surface area (Å²) in [5.41, 5.74) is 7.72. The lowest BCUT2D eigenvalue weighted by Crippen LogP contribution is -2.00. The van der Waals surface area contributed by atoms with E-state index in [9.17, 15) is 4.79 Å². The standard InChI is InChI=1S/C22H22N2O2/c1-14-8-15(2)10-21(9-14)24-16(3)11-19(17(24)4)13-23-20-7-5-6-18(12-20)22(25)26/h5-13H,1-4H3,(H,25,26). The highest BCUT2D eigenvalue weighted by Gasteiger charge is 2.10. The number of aliphatic imine (C=N–C) groups is 1. The minimum atomic E-state index is -0.949. The molecule has 3 rings (SSSR count). The first-order valence-corrected chi connectivity index (χ1v) is 8.50. The molecule has 1 N–H and O–H groups in total. The number of carboxylic acids is 1. The number of benzene rings is 2. The Bertz CT molecular complexity index is 993. The van der Waals surface area contributed by atoms with E-state index in [2.05, 4.69) is 61.5 Å². The Morgan fingerprint density at radius 2 is 1.69 bits per heavy atom. The Labute approximate surface area is 153 Å². The molecular weight excluding hydrogens is 324 g/mol. The molecule has 0 saturated carbocycles. The molecule has 0 amide bonds. The molecule has 4 nitrogen and oxygen atoms in total. The molecule has 132 valence electrons. The van der Waals surface area contributed by atoms with E-state index in [4.69, 9.17) is 5.11 Å². The van der Waals surface area contributed by atoms with Crippen molar-refractivity contribution in [1.82, 2.24) is 4.57 Å². The molecule has 26 heavy (non-hydrogen) atoms. The van der Waals surface area contributed by atoms with E-state index < -0.39 is 5.97 Å². The van der Waals surface area contributed by atoms with Crippen LogP contribution in [0.1, 0.15) is 38.4 Å². The van der Waals surface area contributed by atoms with Crippen molar-refractivity contribution in [3.8, 4) is 5.69 Å². The van der Waals surface area contributed by atoms with Crippen LogP contribution in [0, 0.1) is 27.7 Å². The first kappa shape index (κ1) is 17.7. The Kier molecular flexibility index (Phi) is 4.76. The Balaban J connectivity index is 1.98.